The molecule has 0 heterocycles. The first-order chi connectivity index (χ1) is 18.5. The van der Waals surface area contributed by atoms with Crippen molar-refractivity contribution in [3.63, 3.8) is 0 Å². The summed E-state index contributed by atoms with van der Waals surface area (Å²) in [4.78, 5) is 26.1. The third kappa shape index (κ3) is 6.42. The Bertz CT molecular complexity index is 1420. The number of carbonyl (C=O) groups excluding carboxylic acids is 2. The quantitative estimate of drug-likeness (QED) is 0.272. The molecule has 196 valence electrons. The maximum atomic E-state index is 13.1. The average Bonchev–Trinajstić information content (AvgIpc) is 2.95. The van der Waals surface area contributed by atoms with Gasteiger partial charge in [-0.3, -0.25) is 9.59 Å². The highest BCUT2D eigenvalue weighted by Crippen LogP contribution is 2.28. The van der Waals surface area contributed by atoms with E-state index in [2.05, 4.69) is 10.6 Å². The van der Waals surface area contributed by atoms with Crippen LogP contribution in [-0.2, 0) is 11.2 Å². The van der Waals surface area contributed by atoms with Gasteiger partial charge in [0.25, 0.3) is 11.8 Å². The van der Waals surface area contributed by atoms with E-state index in [-0.39, 0.29) is 11.8 Å². The molecular weight excluding hydrogens is 480 g/mol. The lowest BCUT2D eigenvalue weighted by Gasteiger charge is -2.19. The maximum absolute atomic E-state index is 13.1. The standard InChI is InChI=1S/C31H32N2O5/c1-4-27(38-24-15-14-22-9-5-6-10-23(22)20-24)31(35)33-26-12-8-7-11-25(26)30(34)32-18-17-21-13-16-28(36-2)29(19-21)37-3/h5-16,19-20,27H,4,17-18H2,1-3H3,(H,32,34)(H,33,35)/t27-/m0/s1. The van der Waals surface area contributed by atoms with Crippen molar-refractivity contribution in [3.05, 3.63) is 96.1 Å². The molecule has 2 amide bonds. The van der Waals surface area contributed by atoms with E-state index in [4.69, 9.17) is 14.2 Å². The molecule has 0 spiro atoms. The molecule has 0 saturated heterocycles. The zero-order chi connectivity index (χ0) is 26.9. The average molecular weight is 513 g/mol. The zero-order valence-corrected chi connectivity index (χ0v) is 21.8. The van der Waals surface area contributed by atoms with Crippen molar-refractivity contribution in [1.29, 1.82) is 0 Å². The third-order valence-electron chi connectivity index (χ3n) is 6.24. The molecule has 0 radical (unpaired) electrons. The zero-order valence-electron chi connectivity index (χ0n) is 21.8. The summed E-state index contributed by atoms with van der Waals surface area (Å²) in [7, 11) is 3.18. The summed E-state index contributed by atoms with van der Waals surface area (Å²) in [6.07, 6.45) is 0.369. The second kappa shape index (κ2) is 12.6. The molecular formula is C31H32N2O5. The number of methoxy groups -OCH3 is 2. The minimum absolute atomic E-state index is 0.273. The largest absolute Gasteiger partial charge is 0.493 e. The molecule has 38 heavy (non-hydrogen) atoms. The van der Waals surface area contributed by atoms with Crippen LogP contribution in [0.15, 0.2) is 84.9 Å². The molecule has 1 atom stereocenters. The fraction of sp³-hybridized carbons (Fsp3) is 0.226. The van der Waals surface area contributed by atoms with Gasteiger partial charge in [0.1, 0.15) is 5.75 Å². The topological polar surface area (TPSA) is 85.9 Å². The van der Waals surface area contributed by atoms with Crippen molar-refractivity contribution in [2.24, 2.45) is 0 Å². The molecule has 0 aliphatic heterocycles. The number of benzene rings is 4. The molecule has 0 saturated carbocycles. The molecule has 0 bridgehead atoms. The number of hydrogen-bond acceptors (Lipinski definition) is 5. The molecule has 2 N–H and O–H groups in total. The highest BCUT2D eigenvalue weighted by molar-refractivity contribution is 6.04. The van der Waals surface area contributed by atoms with E-state index in [0.29, 0.717) is 47.9 Å². The van der Waals surface area contributed by atoms with Crippen molar-refractivity contribution >= 4 is 28.3 Å². The minimum atomic E-state index is -0.711. The number of fused-ring (bicyclic) bond motifs is 1. The number of para-hydroxylation sites is 1. The summed E-state index contributed by atoms with van der Waals surface area (Å²) >= 11 is 0. The molecule has 0 unspecified atom stereocenters. The van der Waals surface area contributed by atoms with Crippen molar-refractivity contribution in [2.75, 3.05) is 26.1 Å². The smallest absolute Gasteiger partial charge is 0.265 e. The fourth-order valence-electron chi connectivity index (χ4n) is 4.18. The number of ether oxygens (including phenoxy) is 3. The number of rotatable bonds is 11. The highest BCUT2D eigenvalue weighted by Gasteiger charge is 2.21. The van der Waals surface area contributed by atoms with Gasteiger partial charge in [0.2, 0.25) is 0 Å². The van der Waals surface area contributed by atoms with E-state index in [1.54, 1.807) is 38.5 Å². The van der Waals surface area contributed by atoms with Crippen LogP contribution in [0.1, 0.15) is 29.3 Å². The summed E-state index contributed by atoms with van der Waals surface area (Å²) < 4.78 is 16.6. The molecule has 0 aromatic heterocycles. The SMILES string of the molecule is CC[C@H](Oc1ccc2ccccc2c1)C(=O)Nc1ccccc1C(=O)NCCc1ccc(OC)c(OC)c1. The number of anilines is 1. The highest BCUT2D eigenvalue weighted by atomic mass is 16.5. The Hall–Kier alpha value is -4.52. The van der Waals surface area contributed by atoms with Gasteiger partial charge in [0, 0.05) is 6.54 Å². The number of nitrogens with one attached hydrogen (secondary N) is 2. The van der Waals surface area contributed by atoms with Gasteiger partial charge >= 0.3 is 0 Å². The summed E-state index contributed by atoms with van der Waals surface area (Å²) in [5.41, 5.74) is 1.82. The molecule has 4 rings (SSSR count). The van der Waals surface area contributed by atoms with E-state index in [1.165, 1.54) is 0 Å². The molecule has 0 aliphatic rings. The Labute approximate surface area is 222 Å². The van der Waals surface area contributed by atoms with Crippen LogP contribution in [-0.4, -0.2) is 38.7 Å². The maximum Gasteiger partial charge on any atom is 0.265 e. The van der Waals surface area contributed by atoms with Crippen LogP contribution in [0.3, 0.4) is 0 Å². The molecule has 4 aromatic rings. The first-order valence-corrected chi connectivity index (χ1v) is 12.6. The Morgan fingerprint density at radius 3 is 2.32 bits per heavy atom. The molecule has 0 aliphatic carbocycles. The summed E-state index contributed by atoms with van der Waals surface area (Å²) in [5.74, 6) is 1.32. The molecule has 0 fully saturated rings. The molecule has 4 aromatic carbocycles. The second-order valence-corrected chi connectivity index (χ2v) is 8.75. The number of carbonyl (C=O) groups is 2. The number of amides is 2. The van der Waals surface area contributed by atoms with Crippen LogP contribution in [0.4, 0.5) is 5.69 Å². The van der Waals surface area contributed by atoms with Crippen LogP contribution in [0, 0.1) is 0 Å². The van der Waals surface area contributed by atoms with Gasteiger partial charge in [0.15, 0.2) is 17.6 Å². The lowest BCUT2D eigenvalue weighted by atomic mass is 10.1. The van der Waals surface area contributed by atoms with Crippen molar-refractivity contribution in [1.82, 2.24) is 5.32 Å². The first kappa shape index (κ1) is 26.5. The monoisotopic (exact) mass is 512 g/mol. The Balaban J connectivity index is 1.38. The summed E-state index contributed by atoms with van der Waals surface area (Å²) in [6, 6.07) is 26.3. The van der Waals surface area contributed by atoms with Crippen LogP contribution < -0.4 is 24.8 Å². The molecule has 7 nitrogen and oxygen atoms in total. The van der Waals surface area contributed by atoms with Crippen LogP contribution >= 0.6 is 0 Å². The lowest BCUT2D eigenvalue weighted by Crippen LogP contribution is -2.33. The van der Waals surface area contributed by atoms with Gasteiger partial charge in [-0.2, -0.15) is 0 Å². The predicted molar refractivity (Wildman–Crippen MR) is 149 cm³/mol. The Morgan fingerprint density at radius 2 is 1.55 bits per heavy atom. The number of hydrogen-bond donors (Lipinski definition) is 2. The van der Waals surface area contributed by atoms with Gasteiger partial charge in [-0.25, -0.2) is 0 Å². The van der Waals surface area contributed by atoms with Gasteiger partial charge < -0.3 is 24.8 Å². The first-order valence-electron chi connectivity index (χ1n) is 12.6. The third-order valence-corrected chi connectivity index (χ3v) is 6.24. The van der Waals surface area contributed by atoms with E-state index < -0.39 is 6.10 Å². The van der Waals surface area contributed by atoms with E-state index in [1.807, 2.05) is 67.6 Å². The normalized spacial score (nSPS) is 11.4. The van der Waals surface area contributed by atoms with Gasteiger partial charge in [0.05, 0.1) is 25.5 Å². The van der Waals surface area contributed by atoms with Crippen LogP contribution in [0.2, 0.25) is 0 Å². The van der Waals surface area contributed by atoms with Gasteiger partial charge in [-0.05, 0) is 65.6 Å². The van der Waals surface area contributed by atoms with E-state index in [9.17, 15) is 9.59 Å². The van der Waals surface area contributed by atoms with Crippen molar-refractivity contribution in [3.8, 4) is 17.2 Å². The summed E-state index contributed by atoms with van der Waals surface area (Å²) in [5, 5.41) is 7.95. The van der Waals surface area contributed by atoms with Crippen LogP contribution in [0.5, 0.6) is 17.2 Å². The lowest BCUT2D eigenvalue weighted by molar-refractivity contribution is -0.122. The second-order valence-electron chi connectivity index (χ2n) is 8.75. The van der Waals surface area contributed by atoms with E-state index >= 15 is 0 Å². The van der Waals surface area contributed by atoms with Gasteiger partial charge in [-0.1, -0.05) is 55.5 Å². The fourth-order valence-corrected chi connectivity index (χ4v) is 4.18. The van der Waals surface area contributed by atoms with Crippen molar-refractivity contribution in [2.45, 2.75) is 25.9 Å². The van der Waals surface area contributed by atoms with Gasteiger partial charge in [-0.15, -0.1) is 0 Å². The summed E-state index contributed by atoms with van der Waals surface area (Å²) in [6.45, 7) is 2.30. The van der Waals surface area contributed by atoms with Crippen LogP contribution in [0.25, 0.3) is 10.8 Å². The Morgan fingerprint density at radius 1 is 0.816 bits per heavy atom. The Kier molecular flexibility index (Phi) is 8.82. The predicted octanol–water partition coefficient (Wildman–Crippen LogP) is 5.63. The molecule has 7 heteroatoms. The minimum Gasteiger partial charge on any atom is -0.493 e. The van der Waals surface area contributed by atoms with E-state index in [0.717, 1.165) is 16.3 Å². The van der Waals surface area contributed by atoms with Crippen molar-refractivity contribution < 1.29 is 23.8 Å².